The number of rotatable bonds is 1. The molecule has 44 heavy (non-hydrogen) atoms. The second-order valence-corrected chi connectivity index (χ2v) is 11.7. The van der Waals surface area contributed by atoms with Gasteiger partial charge >= 0.3 is 0 Å². The van der Waals surface area contributed by atoms with Crippen molar-refractivity contribution < 1.29 is 12.3 Å². The van der Waals surface area contributed by atoms with Crippen LogP contribution in [0.2, 0.25) is 0 Å². The van der Waals surface area contributed by atoms with Crippen LogP contribution < -0.4 is 0 Å². The topological polar surface area (TPSA) is 0 Å². The highest BCUT2D eigenvalue weighted by molar-refractivity contribution is 6.37. The Bertz CT molecular complexity index is 3460. The Morgan fingerprint density at radius 2 is 0.795 bits per heavy atom. The lowest BCUT2D eigenvalue weighted by atomic mass is 9.85. The minimum atomic E-state index is -0.484. The molecule has 0 amide bonds. The zero-order chi connectivity index (χ0) is 36.3. The van der Waals surface area contributed by atoms with E-state index >= 15 is 0 Å². The molecule has 0 spiro atoms. The van der Waals surface area contributed by atoms with Gasteiger partial charge < -0.3 is 0 Å². The van der Waals surface area contributed by atoms with Gasteiger partial charge in [0.25, 0.3) is 0 Å². The first-order valence-corrected chi connectivity index (χ1v) is 14.7. The Hall–Kier alpha value is -5.72. The molecule has 11 aromatic rings. The molecule has 0 saturated heterocycles. The molecular weight excluding hydrogens is 528 g/mol. The first-order valence-electron chi connectivity index (χ1n) is 19.2. The maximum absolute atomic E-state index is 9.49. The maximum atomic E-state index is 9.49. The Balaban J connectivity index is 1.43. The van der Waals surface area contributed by atoms with Gasteiger partial charge in [-0.05, 0) is 120 Å². The highest BCUT2D eigenvalue weighted by atomic mass is 14.2. The average Bonchev–Trinajstić information content (AvgIpc) is 3.17. The second-order valence-electron chi connectivity index (χ2n) is 11.7. The molecule has 0 N–H and O–H groups in total. The first-order chi connectivity index (χ1) is 25.6. The molecule has 0 heteroatoms. The summed E-state index contributed by atoms with van der Waals surface area (Å²) in [5.74, 6) is 0. The van der Waals surface area contributed by atoms with Crippen LogP contribution in [-0.2, 0) is 0 Å². The molecule has 200 valence electrons. The molecule has 0 nitrogen and oxygen atoms in total. The minimum Gasteiger partial charge on any atom is -0.0610 e. The summed E-state index contributed by atoms with van der Waals surface area (Å²) < 4.78 is 81.2. The molecule has 11 rings (SSSR count). The standard InChI is InChI=1S/C44H24/c1-5-25-13-16-30-19-21-33(37-22-20-26(6-1)39(25)40(30)37)32-23-31-18-17-29-8-3-11-35-34-10-2-7-27-14-15-28-9-4-12-36(43(28)41(27)34)38(24-32)44(31)42(29)35/h1-24H/i1D,5D,6D,13D,16D,19D,20D,21D,22D. The van der Waals surface area contributed by atoms with E-state index in [4.69, 9.17) is 8.22 Å². The van der Waals surface area contributed by atoms with E-state index in [9.17, 15) is 4.11 Å². The fourth-order valence-electron chi connectivity index (χ4n) is 7.71. The summed E-state index contributed by atoms with van der Waals surface area (Å²) >= 11 is 0. The van der Waals surface area contributed by atoms with Gasteiger partial charge in [0.1, 0.15) is 0 Å². The van der Waals surface area contributed by atoms with Crippen LogP contribution in [0.3, 0.4) is 0 Å². The van der Waals surface area contributed by atoms with Crippen LogP contribution in [0.5, 0.6) is 0 Å². The molecule has 0 atom stereocenters. The van der Waals surface area contributed by atoms with Gasteiger partial charge in [-0.15, -0.1) is 0 Å². The Kier molecular flexibility index (Phi) is 2.95. The van der Waals surface area contributed by atoms with E-state index in [1.54, 1.807) is 0 Å². The Morgan fingerprint density at radius 1 is 0.318 bits per heavy atom. The summed E-state index contributed by atoms with van der Waals surface area (Å²) in [5.41, 5.74) is 0.802. The molecule has 11 aromatic carbocycles. The fourth-order valence-corrected chi connectivity index (χ4v) is 7.71. The second kappa shape index (κ2) is 8.01. The fraction of sp³-hybridized carbons (Fsp3) is 0. The van der Waals surface area contributed by atoms with Crippen molar-refractivity contribution in [1.82, 2.24) is 0 Å². The monoisotopic (exact) mass is 561 g/mol. The van der Waals surface area contributed by atoms with Crippen molar-refractivity contribution in [1.29, 1.82) is 0 Å². The SMILES string of the molecule is [2H]c1c([2H])c2c([2H])c([2H])c3c([2H])c([2H])c(-c4cc5ccc6cccc7c8cccc9ccc%10cccc(c(c4)c5c67)c%10c98)c4c([2H])c([2H])c(c1[2H])c2c34. The molecule has 0 aliphatic rings. The molecule has 0 aromatic heterocycles. The molecular formula is C44H24. The van der Waals surface area contributed by atoms with Gasteiger partial charge in [-0.3, -0.25) is 0 Å². The van der Waals surface area contributed by atoms with Crippen molar-refractivity contribution in [3.63, 3.8) is 0 Å². The van der Waals surface area contributed by atoms with Crippen LogP contribution in [0.25, 0.3) is 108 Å². The van der Waals surface area contributed by atoms with Gasteiger partial charge in [0, 0.05) is 0 Å². The van der Waals surface area contributed by atoms with Crippen LogP contribution in [0.1, 0.15) is 12.3 Å². The zero-order valence-electron chi connectivity index (χ0n) is 32.2. The van der Waals surface area contributed by atoms with E-state index in [1.807, 2.05) is 18.2 Å². The number of fused-ring (bicyclic) bond motifs is 2. The van der Waals surface area contributed by atoms with E-state index in [1.165, 1.54) is 0 Å². The summed E-state index contributed by atoms with van der Waals surface area (Å²) in [5, 5.41) is 13.1. The lowest BCUT2D eigenvalue weighted by Crippen LogP contribution is -1.90. The quantitative estimate of drug-likeness (QED) is 0.175. The van der Waals surface area contributed by atoms with Crippen molar-refractivity contribution in [2.45, 2.75) is 0 Å². The van der Waals surface area contributed by atoms with E-state index in [2.05, 4.69) is 72.8 Å². The predicted molar refractivity (Wildman–Crippen MR) is 192 cm³/mol. The summed E-state index contributed by atoms with van der Waals surface area (Å²) in [4.78, 5) is 0. The predicted octanol–water partition coefficient (Wildman–Crippen LogP) is 12.6. The van der Waals surface area contributed by atoms with Crippen LogP contribution in [0.4, 0.5) is 0 Å². The van der Waals surface area contributed by atoms with Crippen molar-refractivity contribution in [3.8, 4) is 11.1 Å². The van der Waals surface area contributed by atoms with E-state index < -0.39 is 24.2 Å². The molecule has 0 radical (unpaired) electrons. The third-order valence-corrected chi connectivity index (χ3v) is 9.53. The minimum absolute atomic E-state index is 0.0274. The molecule has 0 aliphatic carbocycles. The van der Waals surface area contributed by atoms with Crippen LogP contribution in [0.15, 0.2) is 145 Å². The van der Waals surface area contributed by atoms with Gasteiger partial charge in [0.05, 0.1) is 12.3 Å². The van der Waals surface area contributed by atoms with Crippen molar-refractivity contribution in [2.75, 3.05) is 0 Å². The van der Waals surface area contributed by atoms with E-state index in [0.717, 1.165) is 64.6 Å². The Labute approximate surface area is 265 Å². The molecule has 0 aliphatic heterocycles. The summed E-state index contributed by atoms with van der Waals surface area (Å²) in [7, 11) is 0. The molecule has 0 unspecified atom stereocenters. The number of hydrogen-bond donors (Lipinski definition) is 0. The molecule has 0 heterocycles. The van der Waals surface area contributed by atoms with Crippen LogP contribution >= 0.6 is 0 Å². The number of hydrogen-bond acceptors (Lipinski definition) is 0. The summed E-state index contributed by atoms with van der Waals surface area (Å²) in [6, 6.07) is 28.3. The van der Waals surface area contributed by atoms with E-state index in [-0.39, 0.29) is 68.1 Å². The first kappa shape index (κ1) is 16.2. The zero-order valence-corrected chi connectivity index (χ0v) is 23.2. The lowest BCUT2D eigenvalue weighted by Gasteiger charge is -2.18. The van der Waals surface area contributed by atoms with Gasteiger partial charge in [0.15, 0.2) is 0 Å². The Morgan fingerprint density at radius 3 is 1.43 bits per heavy atom. The lowest BCUT2D eigenvalue weighted by molar-refractivity contribution is 1.72. The van der Waals surface area contributed by atoms with Crippen molar-refractivity contribution in [3.05, 3.63) is 145 Å². The third-order valence-electron chi connectivity index (χ3n) is 9.53. The van der Waals surface area contributed by atoms with Crippen molar-refractivity contribution >= 4 is 97.0 Å². The van der Waals surface area contributed by atoms with Gasteiger partial charge in [-0.2, -0.15) is 0 Å². The smallest absolute Gasteiger partial charge is 0.0610 e. The third kappa shape index (κ3) is 2.79. The van der Waals surface area contributed by atoms with E-state index in [0.29, 0.717) is 5.56 Å². The number of benzene rings is 10. The normalized spacial score (nSPS) is 15.4. The molecule has 0 bridgehead atoms. The molecule has 0 fully saturated rings. The average molecular weight is 562 g/mol. The van der Waals surface area contributed by atoms with Gasteiger partial charge in [-0.1, -0.05) is 133 Å². The van der Waals surface area contributed by atoms with Crippen molar-refractivity contribution in [2.24, 2.45) is 0 Å². The largest absolute Gasteiger partial charge is 0.0630 e. The van der Waals surface area contributed by atoms with Gasteiger partial charge in [0.2, 0.25) is 0 Å². The van der Waals surface area contributed by atoms with Crippen LogP contribution in [-0.4, -0.2) is 0 Å². The van der Waals surface area contributed by atoms with Crippen LogP contribution in [0, 0.1) is 0 Å². The molecule has 0 saturated carbocycles. The highest BCUT2D eigenvalue weighted by Gasteiger charge is 2.18. The van der Waals surface area contributed by atoms with Gasteiger partial charge in [-0.25, -0.2) is 0 Å². The summed E-state index contributed by atoms with van der Waals surface area (Å²) in [6.45, 7) is 0. The summed E-state index contributed by atoms with van der Waals surface area (Å²) in [6.07, 6.45) is 0. The highest BCUT2D eigenvalue weighted by Crippen LogP contribution is 2.46. The maximum Gasteiger partial charge on any atom is 0.0630 e.